The van der Waals surface area contributed by atoms with Crippen molar-refractivity contribution in [3.8, 4) is 11.5 Å². The summed E-state index contributed by atoms with van der Waals surface area (Å²) < 4.78 is 11.4. The molecule has 156 valence electrons. The van der Waals surface area contributed by atoms with Crippen LogP contribution in [-0.4, -0.2) is 48.3 Å². The normalized spacial score (nSPS) is 16.4. The van der Waals surface area contributed by atoms with Crippen LogP contribution in [0.15, 0.2) is 44.7 Å². The van der Waals surface area contributed by atoms with Gasteiger partial charge in [0, 0.05) is 18.7 Å². The largest absolute Gasteiger partial charge is 0.496 e. The van der Waals surface area contributed by atoms with E-state index in [4.69, 9.17) is 9.47 Å². The average Bonchev–Trinajstić information content (AvgIpc) is 2.97. The quantitative estimate of drug-likeness (QED) is 0.610. The minimum Gasteiger partial charge on any atom is -0.496 e. The second kappa shape index (κ2) is 8.93. The molecule has 0 aromatic heterocycles. The third kappa shape index (κ3) is 4.22. The zero-order valence-electron chi connectivity index (χ0n) is 16.7. The molecule has 2 aromatic carbocycles. The van der Waals surface area contributed by atoms with Gasteiger partial charge in [-0.1, -0.05) is 6.07 Å². The van der Waals surface area contributed by atoms with Crippen molar-refractivity contribution >= 4 is 56.5 Å². The van der Waals surface area contributed by atoms with Crippen molar-refractivity contribution in [3.63, 3.8) is 0 Å². The molecule has 0 saturated carbocycles. The van der Waals surface area contributed by atoms with Crippen molar-refractivity contribution in [2.75, 3.05) is 21.3 Å². The standard InChI is InChI=1S/C21H19BrN2O5S/c1-11-13(20(26)27)6-5-7-15(11)23-21-24(2)19(25)18(30-21)9-12-8-14(22)17(29-4)10-16(12)28-3/h5-10H,1-4H3,(H,26,27)/b18-9-,23-21?. The van der Waals surface area contributed by atoms with Crippen LogP contribution in [0.2, 0.25) is 0 Å². The average molecular weight is 491 g/mol. The van der Waals surface area contributed by atoms with E-state index in [1.54, 1.807) is 52.5 Å². The Morgan fingerprint density at radius 1 is 1.23 bits per heavy atom. The van der Waals surface area contributed by atoms with Crippen LogP contribution in [0.3, 0.4) is 0 Å². The molecule has 1 fully saturated rings. The summed E-state index contributed by atoms with van der Waals surface area (Å²) >= 11 is 4.66. The Morgan fingerprint density at radius 2 is 1.93 bits per heavy atom. The van der Waals surface area contributed by atoms with Gasteiger partial charge in [-0.3, -0.25) is 9.69 Å². The molecule has 1 saturated heterocycles. The molecule has 9 heteroatoms. The Balaban J connectivity index is 2.00. The Hall–Kier alpha value is -2.78. The number of amidine groups is 1. The lowest BCUT2D eigenvalue weighted by Crippen LogP contribution is -2.23. The third-order valence-corrected chi connectivity index (χ3v) is 6.23. The molecule has 1 aliphatic rings. The number of carboxylic acids is 1. The van der Waals surface area contributed by atoms with Crippen molar-refractivity contribution in [3.05, 3.63) is 56.4 Å². The number of benzene rings is 2. The number of amides is 1. The molecule has 0 unspecified atom stereocenters. The maximum absolute atomic E-state index is 12.8. The number of likely N-dealkylation sites (N-methyl/N-ethyl adjacent to an activating group) is 1. The van der Waals surface area contributed by atoms with Crippen molar-refractivity contribution in [2.24, 2.45) is 4.99 Å². The molecule has 30 heavy (non-hydrogen) atoms. The van der Waals surface area contributed by atoms with E-state index in [9.17, 15) is 14.7 Å². The Labute approximate surface area is 186 Å². The first-order chi connectivity index (χ1) is 14.3. The zero-order chi connectivity index (χ0) is 22.0. The van der Waals surface area contributed by atoms with Crippen LogP contribution in [0.25, 0.3) is 6.08 Å². The summed E-state index contributed by atoms with van der Waals surface area (Å²) in [5.74, 6) is -0.0443. The van der Waals surface area contributed by atoms with Gasteiger partial charge in [0.15, 0.2) is 5.17 Å². The maximum atomic E-state index is 12.8. The number of ether oxygens (including phenoxy) is 2. The Morgan fingerprint density at radius 3 is 2.57 bits per heavy atom. The van der Waals surface area contributed by atoms with Gasteiger partial charge in [0.2, 0.25) is 0 Å². The van der Waals surface area contributed by atoms with E-state index < -0.39 is 5.97 Å². The van der Waals surface area contributed by atoms with Crippen molar-refractivity contribution in [1.29, 1.82) is 0 Å². The predicted octanol–water partition coefficient (Wildman–Crippen LogP) is 4.71. The summed E-state index contributed by atoms with van der Waals surface area (Å²) in [6.45, 7) is 1.70. The number of halogens is 1. The number of methoxy groups -OCH3 is 2. The summed E-state index contributed by atoms with van der Waals surface area (Å²) in [6, 6.07) is 8.43. The SMILES string of the molecule is COc1cc(OC)c(/C=C2\SC(=Nc3cccc(C(=O)O)c3C)N(C)C2=O)cc1Br. The van der Waals surface area contributed by atoms with Crippen molar-refractivity contribution < 1.29 is 24.2 Å². The molecule has 0 spiro atoms. The molecule has 1 aliphatic heterocycles. The van der Waals surface area contributed by atoms with Crippen molar-refractivity contribution in [2.45, 2.75) is 6.92 Å². The van der Waals surface area contributed by atoms with Gasteiger partial charge in [-0.25, -0.2) is 9.79 Å². The second-order valence-corrected chi connectivity index (χ2v) is 8.22. The number of rotatable bonds is 5. The van der Waals surface area contributed by atoms with E-state index in [1.807, 2.05) is 6.07 Å². The van der Waals surface area contributed by atoms with Gasteiger partial charge in [0.05, 0.1) is 34.8 Å². The lowest BCUT2D eigenvalue weighted by molar-refractivity contribution is -0.121. The van der Waals surface area contributed by atoms with Crippen LogP contribution in [0.4, 0.5) is 5.69 Å². The van der Waals surface area contributed by atoms with E-state index in [2.05, 4.69) is 20.9 Å². The molecule has 0 aliphatic carbocycles. The lowest BCUT2D eigenvalue weighted by atomic mass is 10.1. The number of carbonyl (C=O) groups excluding carboxylic acids is 1. The number of hydrogen-bond donors (Lipinski definition) is 1. The van der Waals surface area contributed by atoms with Gasteiger partial charge in [-0.05, 0) is 64.5 Å². The van der Waals surface area contributed by atoms with Crippen LogP contribution < -0.4 is 9.47 Å². The summed E-state index contributed by atoms with van der Waals surface area (Å²) in [7, 11) is 4.74. The minimum absolute atomic E-state index is 0.178. The Bertz CT molecular complexity index is 1100. The monoisotopic (exact) mass is 490 g/mol. The first-order valence-corrected chi connectivity index (χ1v) is 10.4. The number of hydrogen-bond acceptors (Lipinski definition) is 6. The van der Waals surface area contributed by atoms with Crippen LogP contribution in [0.5, 0.6) is 11.5 Å². The smallest absolute Gasteiger partial charge is 0.336 e. The number of nitrogens with zero attached hydrogens (tertiary/aromatic N) is 2. The number of carboxylic acid groups (broad SMARTS) is 1. The molecule has 0 atom stereocenters. The van der Waals surface area contributed by atoms with E-state index in [0.29, 0.717) is 38.4 Å². The zero-order valence-corrected chi connectivity index (χ0v) is 19.1. The molecular formula is C21H19BrN2O5S. The number of carbonyl (C=O) groups is 2. The van der Waals surface area contributed by atoms with E-state index in [-0.39, 0.29) is 11.5 Å². The van der Waals surface area contributed by atoms with Gasteiger partial charge in [0.1, 0.15) is 11.5 Å². The van der Waals surface area contributed by atoms with Gasteiger partial charge < -0.3 is 14.6 Å². The summed E-state index contributed by atoms with van der Waals surface area (Å²) in [6.07, 6.45) is 1.73. The molecular weight excluding hydrogens is 472 g/mol. The fourth-order valence-electron chi connectivity index (χ4n) is 2.87. The van der Waals surface area contributed by atoms with Gasteiger partial charge >= 0.3 is 5.97 Å². The van der Waals surface area contributed by atoms with Gasteiger partial charge in [0.25, 0.3) is 5.91 Å². The fourth-order valence-corrected chi connectivity index (χ4v) is 4.36. The highest BCUT2D eigenvalue weighted by Crippen LogP contribution is 2.38. The highest BCUT2D eigenvalue weighted by Gasteiger charge is 2.31. The lowest BCUT2D eigenvalue weighted by Gasteiger charge is -2.10. The van der Waals surface area contributed by atoms with Crippen molar-refractivity contribution in [1.82, 2.24) is 4.90 Å². The predicted molar refractivity (Wildman–Crippen MR) is 121 cm³/mol. The first kappa shape index (κ1) is 21.9. The van der Waals surface area contributed by atoms with E-state index in [0.717, 1.165) is 4.47 Å². The van der Waals surface area contributed by atoms with Gasteiger partial charge in [-0.15, -0.1) is 0 Å². The number of aliphatic imine (C=N–C) groups is 1. The first-order valence-electron chi connectivity index (χ1n) is 8.77. The fraction of sp³-hybridized carbons (Fsp3) is 0.190. The minimum atomic E-state index is -1.02. The number of aromatic carboxylic acids is 1. The van der Waals surface area contributed by atoms with Crippen LogP contribution in [0.1, 0.15) is 21.5 Å². The van der Waals surface area contributed by atoms with Crippen LogP contribution >= 0.6 is 27.7 Å². The summed E-state index contributed by atoms with van der Waals surface area (Å²) in [5.41, 5.74) is 1.93. The van der Waals surface area contributed by atoms with Crippen LogP contribution in [-0.2, 0) is 4.79 Å². The van der Waals surface area contributed by atoms with E-state index in [1.165, 1.54) is 22.7 Å². The molecule has 2 aromatic rings. The van der Waals surface area contributed by atoms with E-state index >= 15 is 0 Å². The molecule has 1 amide bonds. The summed E-state index contributed by atoms with van der Waals surface area (Å²) in [5, 5.41) is 9.77. The topological polar surface area (TPSA) is 88.4 Å². The van der Waals surface area contributed by atoms with Gasteiger partial charge in [-0.2, -0.15) is 0 Å². The highest BCUT2D eigenvalue weighted by atomic mass is 79.9. The molecule has 7 nitrogen and oxygen atoms in total. The summed E-state index contributed by atoms with van der Waals surface area (Å²) in [4.78, 5) is 30.6. The maximum Gasteiger partial charge on any atom is 0.336 e. The molecule has 0 radical (unpaired) electrons. The second-order valence-electron chi connectivity index (χ2n) is 6.35. The Kier molecular flexibility index (Phi) is 6.52. The van der Waals surface area contributed by atoms with Crippen LogP contribution in [0, 0.1) is 6.92 Å². The molecule has 1 heterocycles. The molecule has 1 N–H and O–H groups in total. The highest BCUT2D eigenvalue weighted by molar-refractivity contribution is 9.10. The number of thioether (sulfide) groups is 1. The molecule has 0 bridgehead atoms. The third-order valence-electron chi connectivity index (χ3n) is 4.55. The molecule has 3 rings (SSSR count).